The van der Waals surface area contributed by atoms with Crippen LogP contribution >= 0.6 is 11.6 Å². The minimum atomic E-state index is 0.0705. The monoisotopic (exact) mass is 311 g/mol. The van der Waals surface area contributed by atoms with Crippen molar-refractivity contribution in [2.24, 2.45) is 0 Å². The van der Waals surface area contributed by atoms with E-state index in [1.54, 1.807) is 0 Å². The Morgan fingerprint density at radius 3 is 2.41 bits per heavy atom. The van der Waals surface area contributed by atoms with Gasteiger partial charge in [0, 0.05) is 0 Å². The molecule has 0 saturated carbocycles. The highest BCUT2D eigenvalue weighted by Gasteiger charge is 2.06. The average molecular weight is 312 g/mol. The summed E-state index contributed by atoms with van der Waals surface area (Å²) in [5, 5.41) is 9.92. The van der Waals surface area contributed by atoms with Gasteiger partial charge in [-0.25, -0.2) is 0 Å². The van der Waals surface area contributed by atoms with Crippen LogP contribution in [0.15, 0.2) is 42.5 Å². The van der Waals surface area contributed by atoms with Crippen LogP contribution in [0.25, 0.3) is 11.6 Å². The molecule has 0 N–H and O–H groups in total. The van der Waals surface area contributed by atoms with E-state index < -0.39 is 0 Å². The lowest BCUT2D eigenvalue weighted by molar-refractivity contribution is 0.242. The van der Waals surface area contributed by atoms with Crippen LogP contribution in [0.1, 0.15) is 30.5 Å². The second kappa shape index (κ2) is 7.15. The van der Waals surface area contributed by atoms with Gasteiger partial charge in [-0.2, -0.15) is 5.26 Å². The number of rotatable bonds is 4. The Morgan fingerprint density at radius 2 is 1.86 bits per heavy atom. The fraction of sp³-hybridized carbons (Fsp3) is 0.211. The maximum Gasteiger partial charge on any atom is 0.138 e. The Balaban J connectivity index is 2.32. The van der Waals surface area contributed by atoms with Gasteiger partial charge in [0.25, 0.3) is 0 Å². The van der Waals surface area contributed by atoms with Crippen molar-refractivity contribution in [2.75, 3.05) is 0 Å². The summed E-state index contributed by atoms with van der Waals surface area (Å²) in [7, 11) is 0. The van der Waals surface area contributed by atoms with Crippen LogP contribution in [0.5, 0.6) is 5.75 Å². The molecule has 0 radical (unpaired) electrons. The summed E-state index contributed by atoms with van der Waals surface area (Å²) >= 11 is 6.23. The van der Waals surface area contributed by atoms with Crippen LogP contribution < -0.4 is 4.74 Å². The maximum atomic E-state index is 9.38. The van der Waals surface area contributed by atoms with Crippen molar-refractivity contribution in [1.29, 1.82) is 5.26 Å². The molecular weight excluding hydrogens is 294 g/mol. The first-order valence-corrected chi connectivity index (χ1v) is 7.52. The summed E-state index contributed by atoms with van der Waals surface area (Å²) in [5.74, 6) is 0.655. The summed E-state index contributed by atoms with van der Waals surface area (Å²) in [6.45, 7) is 5.93. The zero-order chi connectivity index (χ0) is 16.1. The highest BCUT2D eigenvalue weighted by Crippen LogP contribution is 2.28. The zero-order valence-corrected chi connectivity index (χ0v) is 13.7. The predicted octanol–water partition coefficient (Wildman–Crippen LogP) is 5.50. The Hall–Kier alpha value is -2.24. The molecule has 112 valence electrons. The van der Waals surface area contributed by atoms with E-state index in [9.17, 15) is 5.26 Å². The highest BCUT2D eigenvalue weighted by molar-refractivity contribution is 6.32. The molecule has 2 rings (SSSR count). The number of aryl methyl sites for hydroxylation is 1. The predicted molar refractivity (Wildman–Crippen MR) is 91.9 cm³/mol. The molecule has 0 saturated heterocycles. The van der Waals surface area contributed by atoms with Crippen molar-refractivity contribution in [2.45, 2.75) is 26.9 Å². The molecule has 0 heterocycles. The number of ether oxygens (including phenoxy) is 1. The minimum Gasteiger partial charge on any atom is -0.489 e. The van der Waals surface area contributed by atoms with Crippen LogP contribution in [0.3, 0.4) is 0 Å². The lowest BCUT2D eigenvalue weighted by atomic mass is 10.0. The Kier molecular flexibility index (Phi) is 5.25. The topological polar surface area (TPSA) is 33.0 Å². The summed E-state index contributed by atoms with van der Waals surface area (Å²) in [5.41, 5.74) is 3.54. The molecular formula is C19H18ClNO. The van der Waals surface area contributed by atoms with E-state index in [4.69, 9.17) is 16.3 Å². The largest absolute Gasteiger partial charge is 0.489 e. The van der Waals surface area contributed by atoms with E-state index in [2.05, 4.69) is 6.07 Å². The number of halogens is 1. The molecule has 0 aromatic heterocycles. The fourth-order valence-corrected chi connectivity index (χ4v) is 2.27. The van der Waals surface area contributed by atoms with E-state index in [0.29, 0.717) is 16.3 Å². The quantitative estimate of drug-likeness (QED) is 0.551. The van der Waals surface area contributed by atoms with Gasteiger partial charge < -0.3 is 4.74 Å². The molecule has 0 aliphatic heterocycles. The third-order valence-electron chi connectivity index (χ3n) is 3.11. The summed E-state index contributed by atoms with van der Waals surface area (Å²) < 4.78 is 5.61. The third kappa shape index (κ3) is 4.13. The first kappa shape index (κ1) is 16.1. The van der Waals surface area contributed by atoms with Gasteiger partial charge in [0.05, 0.1) is 22.8 Å². The van der Waals surface area contributed by atoms with E-state index >= 15 is 0 Å². The highest BCUT2D eigenvalue weighted by atomic mass is 35.5. The first-order chi connectivity index (χ1) is 10.5. The molecule has 2 aromatic rings. The molecule has 0 aliphatic carbocycles. The van der Waals surface area contributed by atoms with Gasteiger partial charge in [-0.1, -0.05) is 47.5 Å². The van der Waals surface area contributed by atoms with Crippen molar-refractivity contribution >= 4 is 23.3 Å². The number of hydrogen-bond acceptors (Lipinski definition) is 2. The first-order valence-electron chi connectivity index (χ1n) is 7.14. The van der Waals surface area contributed by atoms with Gasteiger partial charge in [0.2, 0.25) is 0 Å². The zero-order valence-electron chi connectivity index (χ0n) is 12.9. The molecule has 0 spiro atoms. The second-order valence-corrected chi connectivity index (χ2v) is 5.80. The molecule has 0 fully saturated rings. The van der Waals surface area contributed by atoms with Crippen molar-refractivity contribution < 1.29 is 4.74 Å². The van der Waals surface area contributed by atoms with E-state index in [-0.39, 0.29) is 6.10 Å². The van der Waals surface area contributed by atoms with Crippen LogP contribution in [0.2, 0.25) is 5.02 Å². The molecule has 0 aliphatic rings. The Bertz CT molecular complexity index is 724. The van der Waals surface area contributed by atoms with E-state index in [1.165, 1.54) is 5.56 Å². The van der Waals surface area contributed by atoms with Crippen molar-refractivity contribution in [3.8, 4) is 11.8 Å². The number of nitrogens with zero attached hydrogens (tertiary/aromatic N) is 1. The van der Waals surface area contributed by atoms with Crippen molar-refractivity contribution in [1.82, 2.24) is 0 Å². The summed E-state index contributed by atoms with van der Waals surface area (Å²) in [4.78, 5) is 0. The number of hydrogen-bond donors (Lipinski definition) is 0. The van der Waals surface area contributed by atoms with Gasteiger partial charge in [0.1, 0.15) is 5.75 Å². The molecule has 2 aromatic carbocycles. The number of allylic oxidation sites excluding steroid dienone is 1. The molecule has 0 unspecified atom stereocenters. The van der Waals surface area contributed by atoms with Crippen molar-refractivity contribution in [3.63, 3.8) is 0 Å². The molecule has 0 bridgehead atoms. The lowest BCUT2D eigenvalue weighted by Crippen LogP contribution is -2.05. The third-order valence-corrected chi connectivity index (χ3v) is 3.41. The van der Waals surface area contributed by atoms with Gasteiger partial charge in [-0.05, 0) is 50.1 Å². The smallest absolute Gasteiger partial charge is 0.138 e. The normalized spacial score (nSPS) is 11.4. The van der Waals surface area contributed by atoms with Gasteiger partial charge in [-0.15, -0.1) is 0 Å². The van der Waals surface area contributed by atoms with Gasteiger partial charge in [-0.3, -0.25) is 0 Å². The van der Waals surface area contributed by atoms with E-state index in [1.807, 2.05) is 69.3 Å². The summed E-state index contributed by atoms with van der Waals surface area (Å²) in [6, 6.07) is 15.7. The maximum absolute atomic E-state index is 9.38. The number of nitriles is 1. The van der Waals surface area contributed by atoms with E-state index in [0.717, 1.165) is 11.1 Å². The van der Waals surface area contributed by atoms with Crippen molar-refractivity contribution in [3.05, 3.63) is 64.2 Å². The lowest BCUT2D eigenvalue weighted by Gasteiger charge is -2.11. The SMILES string of the molecule is Cc1ccc(/C(C#N)=C\c2ccc(OC(C)C)c(Cl)c2)cc1. The molecule has 2 nitrogen and oxygen atoms in total. The summed E-state index contributed by atoms with van der Waals surface area (Å²) in [6.07, 6.45) is 1.90. The molecule has 22 heavy (non-hydrogen) atoms. The van der Waals surface area contributed by atoms with Gasteiger partial charge in [0.15, 0.2) is 0 Å². The standard InChI is InChI=1S/C19H18ClNO/c1-13(2)22-19-9-6-15(11-18(19)20)10-17(12-21)16-7-4-14(3)5-8-16/h4-11,13H,1-3H3/b17-10-. The fourth-order valence-electron chi connectivity index (χ4n) is 2.04. The number of benzene rings is 2. The van der Waals surface area contributed by atoms with Crippen LogP contribution in [0.4, 0.5) is 0 Å². The van der Waals surface area contributed by atoms with Gasteiger partial charge >= 0.3 is 0 Å². The minimum absolute atomic E-state index is 0.0705. The Labute approximate surface area is 136 Å². The molecule has 0 atom stereocenters. The molecule has 3 heteroatoms. The van der Waals surface area contributed by atoms with Crippen LogP contribution in [0, 0.1) is 18.3 Å². The Morgan fingerprint density at radius 1 is 1.18 bits per heavy atom. The van der Waals surface area contributed by atoms with Crippen LogP contribution in [-0.2, 0) is 0 Å². The average Bonchev–Trinajstić information content (AvgIpc) is 2.48. The van der Waals surface area contributed by atoms with Crippen LogP contribution in [-0.4, -0.2) is 6.10 Å². The molecule has 0 amide bonds. The second-order valence-electron chi connectivity index (χ2n) is 5.39.